The van der Waals surface area contributed by atoms with Gasteiger partial charge < -0.3 is 9.64 Å². The largest absolute Gasteiger partial charge is 0.452 e. The first kappa shape index (κ1) is 21.5. The Kier molecular flexibility index (Phi) is 6.71. The van der Waals surface area contributed by atoms with Gasteiger partial charge >= 0.3 is 5.97 Å². The van der Waals surface area contributed by atoms with Gasteiger partial charge in [-0.25, -0.2) is 13.2 Å². The third-order valence-electron chi connectivity index (χ3n) is 4.92. The molecule has 1 amide bonds. The van der Waals surface area contributed by atoms with Gasteiger partial charge in [-0.05, 0) is 47.7 Å². The lowest BCUT2D eigenvalue weighted by Gasteiger charge is -2.26. The van der Waals surface area contributed by atoms with Crippen molar-refractivity contribution in [1.29, 1.82) is 0 Å². The van der Waals surface area contributed by atoms with Crippen LogP contribution in [0.5, 0.6) is 0 Å². The van der Waals surface area contributed by atoms with E-state index in [-0.39, 0.29) is 23.0 Å². The molecule has 156 valence electrons. The summed E-state index contributed by atoms with van der Waals surface area (Å²) in [4.78, 5) is 27.7. The van der Waals surface area contributed by atoms with Gasteiger partial charge in [-0.1, -0.05) is 13.8 Å². The van der Waals surface area contributed by atoms with Crippen LogP contribution < -0.4 is 0 Å². The molecule has 0 aliphatic carbocycles. The van der Waals surface area contributed by atoms with Crippen LogP contribution in [0.3, 0.4) is 0 Å². The van der Waals surface area contributed by atoms with E-state index in [4.69, 9.17) is 4.74 Å². The molecule has 7 nitrogen and oxygen atoms in total. The second kappa shape index (κ2) is 9.06. The van der Waals surface area contributed by atoms with Gasteiger partial charge in [0.25, 0.3) is 5.91 Å². The molecular formula is C20H24N2O5S2. The third kappa shape index (κ3) is 4.68. The van der Waals surface area contributed by atoms with E-state index in [2.05, 4.69) is 0 Å². The van der Waals surface area contributed by atoms with E-state index < -0.39 is 16.0 Å². The molecule has 0 bridgehead atoms. The minimum Gasteiger partial charge on any atom is -0.452 e. The maximum atomic E-state index is 12.5. The number of nitrogens with zero attached hydrogens (tertiary/aromatic N) is 2. The van der Waals surface area contributed by atoms with Gasteiger partial charge in [0.2, 0.25) is 10.0 Å². The van der Waals surface area contributed by atoms with Crippen molar-refractivity contribution in [3.63, 3.8) is 0 Å². The van der Waals surface area contributed by atoms with Gasteiger partial charge in [-0.15, -0.1) is 11.3 Å². The summed E-state index contributed by atoms with van der Waals surface area (Å²) in [6, 6.07) is 7.59. The first-order valence-electron chi connectivity index (χ1n) is 9.47. The van der Waals surface area contributed by atoms with Crippen molar-refractivity contribution in [3.05, 3.63) is 51.7 Å². The topological polar surface area (TPSA) is 84.0 Å². The van der Waals surface area contributed by atoms with Gasteiger partial charge in [0.15, 0.2) is 6.61 Å². The lowest BCUT2D eigenvalue weighted by atomic mass is 10.1. The molecule has 1 aromatic heterocycles. The smallest absolute Gasteiger partial charge is 0.338 e. The molecule has 2 aromatic rings. The number of ether oxygens (including phenoxy) is 1. The number of carbonyl (C=O) groups is 2. The fourth-order valence-corrected chi connectivity index (χ4v) is 5.59. The van der Waals surface area contributed by atoms with Gasteiger partial charge in [0, 0.05) is 31.1 Å². The number of thiophene rings is 1. The standard InChI is InChI=1S/C20H24N2O5S2/c1-3-22(4-2)29(25,26)17-7-5-15(6-8-17)20(24)27-14-19(23)21-11-9-18-16(13-21)10-12-28-18/h5-8,10,12H,3-4,9,11,13-14H2,1-2H3. The minimum atomic E-state index is -3.58. The molecule has 0 radical (unpaired) electrons. The highest BCUT2D eigenvalue weighted by molar-refractivity contribution is 7.89. The number of esters is 1. The average Bonchev–Trinajstić information content (AvgIpc) is 3.20. The maximum Gasteiger partial charge on any atom is 0.338 e. The summed E-state index contributed by atoms with van der Waals surface area (Å²) in [7, 11) is -3.58. The summed E-state index contributed by atoms with van der Waals surface area (Å²) >= 11 is 1.69. The van der Waals surface area contributed by atoms with Crippen LogP contribution in [-0.2, 0) is 32.5 Å². The molecule has 0 unspecified atom stereocenters. The highest BCUT2D eigenvalue weighted by atomic mass is 32.2. The van der Waals surface area contributed by atoms with Crippen molar-refractivity contribution < 1.29 is 22.7 Å². The Morgan fingerprint density at radius 2 is 1.83 bits per heavy atom. The van der Waals surface area contributed by atoms with Crippen LogP contribution >= 0.6 is 11.3 Å². The summed E-state index contributed by atoms with van der Waals surface area (Å²) in [5.41, 5.74) is 1.35. The van der Waals surface area contributed by atoms with E-state index in [1.807, 2.05) is 11.4 Å². The average molecular weight is 437 g/mol. The van der Waals surface area contributed by atoms with E-state index in [0.29, 0.717) is 26.2 Å². The molecule has 0 fully saturated rings. The van der Waals surface area contributed by atoms with Crippen molar-refractivity contribution >= 4 is 33.2 Å². The fourth-order valence-electron chi connectivity index (χ4n) is 3.24. The number of benzene rings is 1. The molecule has 0 spiro atoms. The molecular weight excluding hydrogens is 412 g/mol. The number of carbonyl (C=O) groups excluding carboxylic acids is 2. The van der Waals surface area contributed by atoms with Crippen LogP contribution in [0.25, 0.3) is 0 Å². The van der Waals surface area contributed by atoms with Crippen molar-refractivity contribution in [1.82, 2.24) is 9.21 Å². The van der Waals surface area contributed by atoms with E-state index >= 15 is 0 Å². The molecule has 1 aromatic carbocycles. The van der Waals surface area contributed by atoms with Crippen molar-refractivity contribution in [3.8, 4) is 0 Å². The SMILES string of the molecule is CCN(CC)S(=O)(=O)c1ccc(C(=O)OCC(=O)N2CCc3sccc3C2)cc1. The first-order valence-corrected chi connectivity index (χ1v) is 11.8. The molecule has 0 N–H and O–H groups in total. The van der Waals surface area contributed by atoms with Crippen LogP contribution in [0.4, 0.5) is 0 Å². The van der Waals surface area contributed by atoms with Crippen LogP contribution in [0, 0.1) is 0 Å². The number of amides is 1. The van der Waals surface area contributed by atoms with Crippen LogP contribution in [0.1, 0.15) is 34.6 Å². The fraction of sp³-hybridized carbons (Fsp3) is 0.400. The molecule has 9 heteroatoms. The third-order valence-corrected chi connectivity index (χ3v) is 8.01. The number of hydrogen-bond donors (Lipinski definition) is 0. The highest BCUT2D eigenvalue weighted by Gasteiger charge is 2.24. The van der Waals surface area contributed by atoms with E-state index in [1.165, 1.54) is 33.4 Å². The van der Waals surface area contributed by atoms with Crippen molar-refractivity contribution in [2.24, 2.45) is 0 Å². The van der Waals surface area contributed by atoms with Crippen molar-refractivity contribution in [2.75, 3.05) is 26.2 Å². The number of hydrogen-bond acceptors (Lipinski definition) is 6. The van der Waals surface area contributed by atoms with E-state index in [0.717, 1.165) is 12.0 Å². The predicted octanol–water partition coefficient (Wildman–Crippen LogP) is 2.52. The summed E-state index contributed by atoms with van der Waals surface area (Å²) in [5, 5.41) is 2.02. The van der Waals surface area contributed by atoms with Gasteiger partial charge in [0.1, 0.15) is 0 Å². The molecule has 0 saturated heterocycles. The van der Waals surface area contributed by atoms with Crippen LogP contribution in [0.15, 0.2) is 40.6 Å². The Hall–Kier alpha value is -2.23. The summed E-state index contributed by atoms with van der Waals surface area (Å²) in [6.45, 7) is 5.09. The monoisotopic (exact) mass is 436 g/mol. The molecule has 0 saturated carbocycles. The lowest BCUT2D eigenvalue weighted by Crippen LogP contribution is -2.38. The first-order chi connectivity index (χ1) is 13.9. The number of rotatable bonds is 7. The zero-order valence-corrected chi connectivity index (χ0v) is 18.1. The second-order valence-corrected chi connectivity index (χ2v) is 9.56. The Morgan fingerprint density at radius 3 is 2.48 bits per heavy atom. The van der Waals surface area contributed by atoms with Crippen LogP contribution in [0.2, 0.25) is 0 Å². The molecule has 1 aliphatic rings. The number of sulfonamides is 1. The maximum absolute atomic E-state index is 12.5. The Morgan fingerprint density at radius 1 is 1.14 bits per heavy atom. The summed E-state index contributed by atoms with van der Waals surface area (Å²) in [6.07, 6.45) is 0.815. The summed E-state index contributed by atoms with van der Waals surface area (Å²) < 4.78 is 31.5. The number of fused-ring (bicyclic) bond motifs is 1. The molecule has 1 aliphatic heterocycles. The van der Waals surface area contributed by atoms with E-state index in [1.54, 1.807) is 30.1 Å². The Labute approximate surface area is 174 Å². The molecule has 2 heterocycles. The van der Waals surface area contributed by atoms with Gasteiger partial charge in [-0.3, -0.25) is 4.79 Å². The van der Waals surface area contributed by atoms with Crippen LogP contribution in [-0.4, -0.2) is 55.7 Å². The Bertz CT molecular complexity index is 979. The zero-order valence-electron chi connectivity index (χ0n) is 16.5. The van der Waals surface area contributed by atoms with Crippen molar-refractivity contribution in [2.45, 2.75) is 31.7 Å². The van der Waals surface area contributed by atoms with E-state index in [9.17, 15) is 18.0 Å². The quantitative estimate of drug-likeness (QED) is 0.623. The minimum absolute atomic E-state index is 0.119. The highest BCUT2D eigenvalue weighted by Crippen LogP contribution is 2.24. The molecule has 0 atom stereocenters. The predicted molar refractivity (Wildman–Crippen MR) is 110 cm³/mol. The second-order valence-electron chi connectivity index (χ2n) is 6.62. The normalized spacial score (nSPS) is 14.0. The Balaban J connectivity index is 1.58. The molecule has 29 heavy (non-hydrogen) atoms. The van der Waals surface area contributed by atoms with Gasteiger partial charge in [0.05, 0.1) is 10.5 Å². The lowest BCUT2D eigenvalue weighted by molar-refractivity contribution is -0.135. The molecule has 3 rings (SSSR count). The van der Waals surface area contributed by atoms with Gasteiger partial charge in [-0.2, -0.15) is 4.31 Å². The summed E-state index contributed by atoms with van der Waals surface area (Å²) in [5.74, 6) is -0.894. The zero-order chi connectivity index (χ0) is 21.0.